The van der Waals surface area contributed by atoms with Crippen LogP contribution < -0.4 is 15.0 Å². The number of aryl methyl sites for hydroxylation is 1. The summed E-state index contributed by atoms with van der Waals surface area (Å²) in [7, 11) is 3.17. The first-order chi connectivity index (χ1) is 16.4. The molecule has 3 heterocycles. The van der Waals surface area contributed by atoms with Crippen LogP contribution >= 0.6 is 0 Å². The summed E-state index contributed by atoms with van der Waals surface area (Å²) in [4.78, 5) is 44.8. The normalized spacial score (nSPS) is 15.5. The van der Waals surface area contributed by atoms with E-state index >= 15 is 0 Å². The minimum Gasteiger partial charge on any atom is -0.497 e. The topological polar surface area (TPSA) is 113 Å². The number of benzene rings is 1. The van der Waals surface area contributed by atoms with E-state index in [0.717, 1.165) is 18.4 Å². The quantitative estimate of drug-likeness (QED) is 0.486. The molecule has 2 aromatic heterocycles. The number of furan rings is 1. The highest BCUT2D eigenvalue weighted by Crippen LogP contribution is 2.39. The van der Waals surface area contributed by atoms with Gasteiger partial charge in [0.1, 0.15) is 41.1 Å². The third-order valence-corrected chi connectivity index (χ3v) is 6.01. The number of fused-ring (bicyclic) bond motifs is 1. The molecule has 1 amide bonds. The third kappa shape index (κ3) is 4.11. The van der Waals surface area contributed by atoms with Gasteiger partial charge >= 0.3 is 5.97 Å². The molecule has 1 aromatic carbocycles. The first kappa shape index (κ1) is 23.3. The van der Waals surface area contributed by atoms with Crippen molar-refractivity contribution in [2.24, 2.45) is 0 Å². The van der Waals surface area contributed by atoms with Gasteiger partial charge in [-0.15, -0.1) is 0 Å². The Labute approximate surface area is 196 Å². The first-order valence-electron chi connectivity index (χ1n) is 11.1. The van der Waals surface area contributed by atoms with Crippen LogP contribution in [0.1, 0.15) is 47.5 Å². The molecule has 0 bridgehead atoms. The van der Waals surface area contributed by atoms with Crippen LogP contribution in [0.4, 0.5) is 0 Å². The summed E-state index contributed by atoms with van der Waals surface area (Å²) >= 11 is 0. The molecule has 0 aliphatic carbocycles. The summed E-state index contributed by atoms with van der Waals surface area (Å²) in [6.07, 6.45) is 2.84. The molecule has 1 fully saturated rings. The summed E-state index contributed by atoms with van der Waals surface area (Å²) < 4.78 is 22.6. The number of nitrogens with zero attached hydrogens (tertiary/aromatic N) is 3. The molecular weight excluding hydrogens is 442 g/mol. The SMILES string of the molecule is CCOC(=O)c1c(C)oc2ncn(CC(=O)N3CCC[C@@H]3c3cc(OC)ccc3OC)c(=O)c12. The lowest BCUT2D eigenvalue weighted by molar-refractivity contribution is -0.132. The van der Waals surface area contributed by atoms with Crippen molar-refractivity contribution in [1.82, 2.24) is 14.5 Å². The van der Waals surface area contributed by atoms with E-state index < -0.39 is 11.5 Å². The summed E-state index contributed by atoms with van der Waals surface area (Å²) in [6, 6.07) is 5.28. The Morgan fingerprint density at radius 3 is 2.74 bits per heavy atom. The molecule has 0 saturated carbocycles. The Kier molecular flexibility index (Phi) is 6.58. The van der Waals surface area contributed by atoms with Gasteiger partial charge in [-0.1, -0.05) is 0 Å². The molecular formula is C24H27N3O7. The van der Waals surface area contributed by atoms with Crippen molar-refractivity contribution < 1.29 is 28.2 Å². The van der Waals surface area contributed by atoms with Gasteiger partial charge in [-0.3, -0.25) is 14.2 Å². The summed E-state index contributed by atoms with van der Waals surface area (Å²) in [5, 5.41) is 0.0127. The molecule has 0 spiro atoms. The molecule has 0 unspecified atom stereocenters. The Balaban J connectivity index is 1.66. The number of hydrogen-bond acceptors (Lipinski definition) is 8. The fraction of sp³-hybridized carbons (Fsp3) is 0.417. The molecule has 4 rings (SSSR count). The van der Waals surface area contributed by atoms with Gasteiger partial charge in [0, 0.05) is 12.1 Å². The lowest BCUT2D eigenvalue weighted by Crippen LogP contribution is -2.36. The summed E-state index contributed by atoms with van der Waals surface area (Å²) in [5.41, 5.74) is 0.391. The Morgan fingerprint density at radius 1 is 1.24 bits per heavy atom. The van der Waals surface area contributed by atoms with Crippen LogP contribution in [-0.4, -0.2) is 53.7 Å². The van der Waals surface area contributed by atoms with E-state index in [1.807, 2.05) is 12.1 Å². The van der Waals surface area contributed by atoms with Crippen LogP contribution in [0.3, 0.4) is 0 Å². The van der Waals surface area contributed by atoms with Crippen LogP contribution in [0.15, 0.2) is 33.7 Å². The van der Waals surface area contributed by atoms with Gasteiger partial charge in [-0.05, 0) is 44.9 Å². The highest BCUT2D eigenvalue weighted by molar-refractivity contribution is 6.03. The second kappa shape index (κ2) is 9.58. The van der Waals surface area contributed by atoms with Gasteiger partial charge in [0.05, 0.1) is 26.9 Å². The van der Waals surface area contributed by atoms with Crippen LogP contribution in [0.2, 0.25) is 0 Å². The van der Waals surface area contributed by atoms with E-state index in [1.54, 1.807) is 39.0 Å². The maximum atomic E-state index is 13.3. The maximum Gasteiger partial charge on any atom is 0.342 e. The van der Waals surface area contributed by atoms with Gasteiger partial charge in [0.15, 0.2) is 0 Å². The minimum atomic E-state index is -0.661. The Hall–Kier alpha value is -3.82. The number of aromatic nitrogens is 2. The van der Waals surface area contributed by atoms with Crippen molar-refractivity contribution >= 4 is 23.0 Å². The van der Waals surface area contributed by atoms with Crippen molar-refractivity contribution in [2.75, 3.05) is 27.4 Å². The van der Waals surface area contributed by atoms with Crippen molar-refractivity contribution in [3.63, 3.8) is 0 Å². The van der Waals surface area contributed by atoms with Gasteiger partial charge in [0.2, 0.25) is 11.6 Å². The van der Waals surface area contributed by atoms with E-state index in [2.05, 4.69) is 4.98 Å². The van der Waals surface area contributed by atoms with Crippen LogP contribution in [0.25, 0.3) is 11.1 Å². The highest BCUT2D eigenvalue weighted by Gasteiger charge is 2.33. The monoisotopic (exact) mass is 469 g/mol. The second-order valence-electron chi connectivity index (χ2n) is 7.96. The van der Waals surface area contributed by atoms with Gasteiger partial charge in [-0.2, -0.15) is 0 Å². The highest BCUT2D eigenvalue weighted by atomic mass is 16.5. The predicted octanol–water partition coefficient (Wildman–Crippen LogP) is 2.86. The standard InChI is InChI=1S/C24H27N3O7/c1-5-33-24(30)20-14(2)34-22-21(20)23(29)26(13-25-22)12-19(28)27-10-6-7-17(27)16-11-15(31-3)8-9-18(16)32-4/h8-9,11,13,17H,5-7,10,12H2,1-4H3/t17-/m1/s1. The van der Waals surface area contributed by atoms with Crippen molar-refractivity contribution in [2.45, 2.75) is 39.3 Å². The van der Waals surface area contributed by atoms with Gasteiger partial charge in [-0.25, -0.2) is 9.78 Å². The molecule has 180 valence electrons. The number of ether oxygens (including phenoxy) is 3. The molecule has 0 radical (unpaired) electrons. The molecule has 1 saturated heterocycles. The smallest absolute Gasteiger partial charge is 0.342 e. The fourth-order valence-electron chi connectivity index (χ4n) is 4.42. The van der Waals surface area contributed by atoms with Crippen molar-refractivity contribution in [1.29, 1.82) is 0 Å². The van der Waals surface area contributed by atoms with E-state index in [1.165, 1.54) is 10.9 Å². The van der Waals surface area contributed by atoms with Crippen LogP contribution in [0, 0.1) is 6.92 Å². The first-order valence-corrected chi connectivity index (χ1v) is 11.1. The molecule has 10 heteroatoms. The largest absolute Gasteiger partial charge is 0.497 e. The number of likely N-dealkylation sites (tertiary alicyclic amines) is 1. The Bertz CT molecular complexity index is 1290. The number of rotatable bonds is 7. The van der Waals surface area contributed by atoms with Gasteiger partial charge < -0.3 is 23.5 Å². The zero-order valence-corrected chi connectivity index (χ0v) is 19.6. The zero-order valence-electron chi connectivity index (χ0n) is 19.6. The van der Waals surface area contributed by atoms with Crippen LogP contribution in [0.5, 0.6) is 11.5 Å². The second-order valence-corrected chi connectivity index (χ2v) is 7.96. The van der Waals surface area contributed by atoms with Gasteiger partial charge in [0.25, 0.3) is 5.56 Å². The van der Waals surface area contributed by atoms with Crippen molar-refractivity contribution in [3.8, 4) is 11.5 Å². The van der Waals surface area contributed by atoms with E-state index in [4.69, 9.17) is 18.6 Å². The number of esters is 1. The zero-order chi connectivity index (χ0) is 24.4. The number of hydrogen-bond donors (Lipinski definition) is 0. The fourth-order valence-corrected chi connectivity index (χ4v) is 4.42. The number of carbonyl (C=O) groups is 2. The molecule has 1 aliphatic rings. The number of carbonyl (C=O) groups excluding carboxylic acids is 2. The predicted molar refractivity (Wildman–Crippen MR) is 122 cm³/mol. The third-order valence-electron chi connectivity index (χ3n) is 6.01. The maximum absolute atomic E-state index is 13.3. The molecule has 0 N–H and O–H groups in total. The molecule has 1 atom stereocenters. The molecule has 10 nitrogen and oxygen atoms in total. The van der Waals surface area contributed by atoms with E-state index in [-0.39, 0.29) is 47.5 Å². The summed E-state index contributed by atoms with van der Waals surface area (Å²) in [6.45, 7) is 3.72. The Morgan fingerprint density at radius 2 is 2.03 bits per heavy atom. The average molecular weight is 469 g/mol. The summed E-state index contributed by atoms with van der Waals surface area (Å²) in [5.74, 6) is 0.674. The van der Waals surface area contributed by atoms with E-state index in [9.17, 15) is 14.4 Å². The number of methoxy groups -OCH3 is 2. The van der Waals surface area contributed by atoms with E-state index in [0.29, 0.717) is 18.0 Å². The molecule has 3 aromatic rings. The lowest BCUT2D eigenvalue weighted by Gasteiger charge is -2.27. The molecule has 34 heavy (non-hydrogen) atoms. The number of amides is 1. The minimum absolute atomic E-state index is 0.0127. The van der Waals surface area contributed by atoms with Crippen molar-refractivity contribution in [3.05, 3.63) is 51.8 Å². The van der Waals surface area contributed by atoms with Crippen LogP contribution in [-0.2, 0) is 16.1 Å². The average Bonchev–Trinajstić information content (AvgIpc) is 3.45. The molecule has 1 aliphatic heterocycles. The lowest BCUT2D eigenvalue weighted by atomic mass is 10.0.